The standard InChI is InChI=1S/C24H26N2O6/c1-4-19-21(31-3)10-7-17-13-20(24(30)32-22(17)19)23(29)25-18-8-5-16(6-9-18)14-26(11-12-27)15(2)28/h5-10,13,27H,4,11-12,14H2,1-3H3,(H,25,29). The third-order valence-corrected chi connectivity index (χ3v) is 5.18. The number of aliphatic hydroxyl groups is 1. The highest BCUT2D eigenvalue weighted by molar-refractivity contribution is 6.05. The molecular weight excluding hydrogens is 412 g/mol. The Morgan fingerprint density at radius 3 is 2.47 bits per heavy atom. The van der Waals surface area contributed by atoms with Gasteiger partial charge in [-0.05, 0) is 42.3 Å². The molecule has 3 rings (SSSR count). The number of aryl methyl sites for hydroxylation is 1. The van der Waals surface area contributed by atoms with E-state index in [9.17, 15) is 14.4 Å². The number of anilines is 1. The molecule has 0 saturated heterocycles. The lowest BCUT2D eigenvalue weighted by atomic mass is 10.1. The molecule has 0 spiro atoms. The van der Waals surface area contributed by atoms with Crippen LogP contribution in [-0.4, -0.2) is 42.1 Å². The van der Waals surface area contributed by atoms with E-state index < -0.39 is 11.5 Å². The summed E-state index contributed by atoms with van der Waals surface area (Å²) in [5.74, 6) is -0.0843. The van der Waals surface area contributed by atoms with Crippen molar-refractivity contribution in [1.29, 1.82) is 0 Å². The van der Waals surface area contributed by atoms with E-state index in [2.05, 4.69) is 5.32 Å². The first-order valence-corrected chi connectivity index (χ1v) is 10.3. The van der Waals surface area contributed by atoms with Crippen LogP contribution in [0.15, 0.2) is 51.7 Å². The van der Waals surface area contributed by atoms with Gasteiger partial charge < -0.3 is 24.5 Å². The van der Waals surface area contributed by atoms with E-state index in [1.165, 1.54) is 17.9 Å². The molecule has 0 aliphatic heterocycles. The number of hydrogen-bond acceptors (Lipinski definition) is 6. The van der Waals surface area contributed by atoms with Crippen LogP contribution >= 0.6 is 0 Å². The monoisotopic (exact) mass is 438 g/mol. The quantitative estimate of drug-likeness (QED) is 0.524. The summed E-state index contributed by atoms with van der Waals surface area (Å²) >= 11 is 0. The number of nitrogens with zero attached hydrogens (tertiary/aromatic N) is 1. The molecule has 168 valence electrons. The number of rotatable bonds is 8. The van der Waals surface area contributed by atoms with Crippen LogP contribution in [-0.2, 0) is 17.8 Å². The van der Waals surface area contributed by atoms with Gasteiger partial charge >= 0.3 is 5.63 Å². The Balaban J connectivity index is 1.80. The first-order chi connectivity index (χ1) is 15.4. The van der Waals surface area contributed by atoms with Gasteiger partial charge in [-0.1, -0.05) is 19.1 Å². The van der Waals surface area contributed by atoms with Gasteiger partial charge in [0.2, 0.25) is 5.91 Å². The minimum atomic E-state index is -0.726. The highest BCUT2D eigenvalue weighted by Crippen LogP contribution is 2.28. The summed E-state index contributed by atoms with van der Waals surface area (Å²) in [5, 5.41) is 12.4. The third kappa shape index (κ3) is 4.97. The second kappa shape index (κ2) is 10.1. The number of carbonyl (C=O) groups excluding carboxylic acids is 2. The summed E-state index contributed by atoms with van der Waals surface area (Å²) in [6.45, 7) is 3.85. The molecular formula is C24H26N2O6. The Hall–Kier alpha value is -3.65. The Labute approximate surface area is 185 Å². The Bertz CT molecular complexity index is 1180. The first-order valence-electron chi connectivity index (χ1n) is 10.3. The molecule has 0 aliphatic rings. The molecule has 1 heterocycles. The van der Waals surface area contributed by atoms with Gasteiger partial charge in [-0.3, -0.25) is 9.59 Å². The van der Waals surface area contributed by atoms with Gasteiger partial charge in [0.15, 0.2) is 0 Å². The molecule has 1 aromatic heterocycles. The van der Waals surface area contributed by atoms with Gasteiger partial charge in [0.25, 0.3) is 5.91 Å². The molecule has 2 N–H and O–H groups in total. The molecule has 0 saturated carbocycles. The second-order valence-electron chi connectivity index (χ2n) is 7.28. The predicted octanol–water partition coefficient (Wildman–Crippen LogP) is 2.96. The van der Waals surface area contributed by atoms with E-state index in [0.717, 1.165) is 11.1 Å². The summed E-state index contributed by atoms with van der Waals surface area (Å²) in [7, 11) is 1.55. The number of hydrogen-bond donors (Lipinski definition) is 2. The van der Waals surface area contributed by atoms with Gasteiger partial charge in [-0.25, -0.2) is 4.79 Å². The fraction of sp³-hybridized carbons (Fsp3) is 0.292. The molecule has 0 unspecified atom stereocenters. The molecule has 0 radical (unpaired) electrons. The molecule has 0 aliphatic carbocycles. The minimum absolute atomic E-state index is 0.0977. The number of carbonyl (C=O) groups is 2. The van der Waals surface area contributed by atoms with Crippen LogP contribution in [0.5, 0.6) is 5.75 Å². The fourth-order valence-electron chi connectivity index (χ4n) is 3.49. The molecule has 0 bridgehead atoms. The van der Waals surface area contributed by atoms with Gasteiger partial charge in [0, 0.05) is 36.7 Å². The van der Waals surface area contributed by atoms with Crippen LogP contribution in [0.4, 0.5) is 5.69 Å². The first kappa shape index (κ1) is 23.0. The summed E-state index contributed by atoms with van der Waals surface area (Å²) in [6, 6.07) is 12.0. The van der Waals surface area contributed by atoms with Crippen molar-refractivity contribution in [3.8, 4) is 5.75 Å². The summed E-state index contributed by atoms with van der Waals surface area (Å²) in [6.07, 6.45) is 0.612. The van der Waals surface area contributed by atoms with Crippen molar-refractivity contribution < 1.29 is 23.8 Å². The van der Waals surface area contributed by atoms with Crippen LogP contribution in [0.25, 0.3) is 11.0 Å². The van der Waals surface area contributed by atoms with Gasteiger partial charge in [-0.15, -0.1) is 0 Å². The van der Waals surface area contributed by atoms with Crippen LogP contribution in [0, 0.1) is 0 Å². The fourth-order valence-corrected chi connectivity index (χ4v) is 3.49. The van der Waals surface area contributed by atoms with Crippen molar-refractivity contribution in [3.05, 3.63) is 69.6 Å². The number of benzene rings is 2. The van der Waals surface area contributed by atoms with E-state index in [4.69, 9.17) is 14.3 Å². The molecule has 32 heavy (non-hydrogen) atoms. The average Bonchev–Trinajstić information content (AvgIpc) is 2.78. The number of amides is 2. The van der Waals surface area contributed by atoms with Gasteiger partial charge in [0.1, 0.15) is 16.9 Å². The number of aliphatic hydroxyl groups excluding tert-OH is 1. The second-order valence-corrected chi connectivity index (χ2v) is 7.28. The smallest absolute Gasteiger partial charge is 0.349 e. The lowest BCUT2D eigenvalue weighted by molar-refractivity contribution is -0.129. The van der Waals surface area contributed by atoms with E-state index in [1.54, 1.807) is 43.5 Å². The normalized spacial score (nSPS) is 10.8. The maximum atomic E-state index is 12.7. The van der Waals surface area contributed by atoms with Gasteiger partial charge in [-0.2, -0.15) is 0 Å². The Morgan fingerprint density at radius 1 is 1.16 bits per heavy atom. The molecule has 8 heteroatoms. The summed E-state index contributed by atoms with van der Waals surface area (Å²) < 4.78 is 10.8. The van der Waals surface area contributed by atoms with Crippen molar-refractivity contribution in [3.63, 3.8) is 0 Å². The highest BCUT2D eigenvalue weighted by Gasteiger charge is 2.17. The van der Waals surface area contributed by atoms with Crippen molar-refractivity contribution >= 4 is 28.5 Å². The molecule has 2 amide bonds. The van der Waals surface area contributed by atoms with Crippen LogP contribution in [0.1, 0.15) is 35.3 Å². The average molecular weight is 438 g/mol. The Kier molecular flexibility index (Phi) is 7.27. The highest BCUT2D eigenvalue weighted by atomic mass is 16.5. The zero-order valence-electron chi connectivity index (χ0n) is 18.3. The lowest BCUT2D eigenvalue weighted by Gasteiger charge is -2.20. The zero-order chi connectivity index (χ0) is 23.3. The van der Waals surface area contributed by atoms with Crippen LogP contribution in [0.3, 0.4) is 0 Å². The van der Waals surface area contributed by atoms with E-state index in [0.29, 0.717) is 35.4 Å². The van der Waals surface area contributed by atoms with Crippen molar-refractivity contribution in [1.82, 2.24) is 4.90 Å². The van der Waals surface area contributed by atoms with E-state index in [-0.39, 0.29) is 24.6 Å². The third-order valence-electron chi connectivity index (χ3n) is 5.18. The van der Waals surface area contributed by atoms with Crippen molar-refractivity contribution in [2.45, 2.75) is 26.8 Å². The van der Waals surface area contributed by atoms with Crippen molar-refractivity contribution in [2.75, 3.05) is 25.6 Å². The molecule has 2 aromatic carbocycles. The number of nitrogens with one attached hydrogen (secondary N) is 1. The maximum Gasteiger partial charge on any atom is 0.349 e. The summed E-state index contributed by atoms with van der Waals surface area (Å²) in [5.41, 5.74) is 1.70. The van der Waals surface area contributed by atoms with Crippen LogP contribution < -0.4 is 15.7 Å². The van der Waals surface area contributed by atoms with E-state index in [1.807, 2.05) is 6.92 Å². The number of methoxy groups -OCH3 is 1. The zero-order valence-corrected chi connectivity index (χ0v) is 18.3. The maximum absolute atomic E-state index is 12.7. The lowest BCUT2D eigenvalue weighted by Crippen LogP contribution is -2.30. The summed E-state index contributed by atoms with van der Waals surface area (Å²) in [4.78, 5) is 38.4. The molecule has 8 nitrogen and oxygen atoms in total. The minimum Gasteiger partial charge on any atom is -0.496 e. The van der Waals surface area contributed by atoms with Gasteiger partial charge in [0.05, 0.1) is 13.7 Å². The van der Waals surface area contributed by atoms with E-state index >= 15 is 0 Å². The predicted molar refractivity (Wildman–Crippen MR) is 121 cm³/mol. The topological polar surface area (TPSA) is 109 Å². The number of ether oxygens (including phenoxy) is 1. The van der Waals surface area contributed by atoms with Crippen LogP contribution in [0.2, 0.25) is 0 Å². The molecule has 0 fully saturated rings. The molecule has 0 atom stereocenters. The van der Waals surface area contributed by atoms with Crippen molar-refractivity contribution in [2.24, 2.45) is 0 Å². The largest absolute Gasteiger partial charge is 0.496 e. The number of fused-ring (bicyclic) bond motifs is 1. The molecule has 3 aromatic rings. The SMILES string of the molecule is CCc1c(OC)ccc2cc(C(=O)Nc3ccc(CN(CCO)C(C)=O)cc3)c(=O)oc12. The Morgan fingerprint density at radius 2 is 1.88 bits per heavy atom.